The number of hydrazine groups is 1. The molecule has 1 atom stereocenters. The number of nitrogens with two attached hydrogens (primary N) is 1. The zero-order valence-electron chi connectivity index (χ0n) is 9.97. The van der Waals surface area contributed by atoms with E-state index in [4.69, 9.17) is 10.6 Å². The van der Waals surface area contributed by atoms with Gasteiger partial charge < -0.3 is 4.74 Å². The van der Waals surface area contributed by atoms with Crippen molar-refractivity contribution in [3.8, 4) is 0 Å². The molecule has 92 valence electrons. The highest BCUT2D eigenvalue weighted by molar-refractivity contribution is 5.84. The molecule has 1 aliphatic rings. The van der Waals surface area contributed by atoms with E-state index in [1.165, 1.54) is 0 Å². The average molecular weight is 241 g/mol. The summed E-state index contributed by atoms with van der Waals surface area (Å²) >= 11 is 0. The van der Waals surface area contributed by atoms with Crippen LogP contribution in [0.15, 0.2) is 48.4 Å². The van der Waals surface area contributed by atoms with Crippen molar-refractivity contribution in [1.82, 2.24) is 10.4 Å². The molecule has 4 heteroatoms. The molecular weight excluding hydrogens is 226 g/mol. The molecule has 18 heavy (non-hydrogen) atoms. The second-order valence-corrected chi connectivity index (χ2v) is 4.26. The van der Waals surface area contributed by atoms with Crippen molar-refractivity contribution >= 4 is 10.8 Å². The fraction of sp³-hybridized carbons (Fsp3) is 0.214. The van der Waals surface area contributed by atoms with Crippen molar-refractivity contribution < 1.29 is 4.74 Å². The minimum absolute atomic E-state index is 0.182. The van der Waals surface area contributed by atoms with Crippen LogP contribution in [0.25, 0.3) is 10.8 Å². The van der Waals surface area contributed by atoms with Crippen LogP contribution in [0.5, 0.6) is 0 Å². The van der Waals surface area contributed by atoms with Crippen LogP contribution in [0, 0.1) is 0 Å². The predicted octanol–water partition coefficient (Wildman–Crippen LogP) is 2.04. The Labute approximate surface area is 105 Å². The second-order valence-electron chi connectivity index (χ2n) is 4.26. The maximum atomic E-state index is 5.66. The number of hydrogen-bond acceptors (Lipinski definition) is 4. The Morgan fingerprint density at radius 3 is 2.94 bits per heavy atom. The van der Waals surface area contributed by atoms with Gasteiger partial charge in [-0.2, -0.15) is 0 Å². The number of hydrogen-bond donors (Lipinski definition) is 2. The summed E-state index contributed by atoms with van der Waals surface area (Å²) in [4.78, 5) is 4.46. The van der Waals surface area contributed by atoms with Gasteiger partial charge in [-0.05, 0) is 17.5 Å². The lowest BCUT2D eigenvalue weighted by Crippen LogP contribution is -2.30. The van der Waals surface area contributed by atoms with Gasteiger partial charge in [0.1, 0.15) is 11.8 Å². The third kappa shape index (κ3) is 1.85. The second kappa shape index (κ2) is 4.76. The van der Waals surface area contributed by atoms with Crippen molar-refractivity contribution in [3.05, 3.63) is 54.1 Å². The monoisotopic (exact) mass is 241 g/mol. The number of fused-ring (bicyclic) bond motifs is 1. The van der Waals surface area contributed by atoms with E-state index in [9.17, 15) is 0 Å². The molecule has 0 radical (unpaired) electrons. The highest BCUT2D eigenvalue weighted by Gasteiger charge is 2.22. The number of rotatable bonds is 3. The van der Waals surface area contributed by atoms with Crippen LogP contribution in [0.3, 0.4) is 0 Å². The molecule has 0 aliphatic carbocycles. The van der Waals surface area contributed by atoms with Crippen LogP contribution in [-0.4, -0.2) is 11.6 Å². The summed E-state index contributed by atoms with van der Waals surface area (Å²) in [6, 6.07) is 9.96. The van der Waals surface area contributed by atoms with E-state index in [1.54, 1.807) is 6.20 Å². The third-order valence-corrected chi connectivity index (χ3v) is 3.16. The molecule has 1 aromatic heterocycles. The zero-order valence-corrected chi connectivity index (χ0v) is 9.97. The number of pyridine rings is 1. The van der Waals surface area contributed by atoms with E-state index in [2.05, 4.69) is 28.6 Å². The third-order valence-electron chi connectivity index (χ3n) is 3.16. The van der Waals surface area contributed by atoms with Gasteiger partial charge >= 0.3 is 0 Å². The SMILES string of the molecule is NNC(C1=CCCO1)c1nccc2ccccc12. The summed E-state index contributed by atoms with van der Waals surface area (Å²) in [5.74, 6) is 6.53. The molecule has 3 N–H and O–H groups in total. The Morgan fingerprint density at radius 2 is 2.17 bits per heavy atom. The van der Waals surface area contributed by atoms with Crippen molar-refractivity contribution in [3.63, 3.8) is 0 Å². The molecule has 0 fully saturated rings. The fourth-order valence-corrected chi connectivity index (χ4v) is 2.31. The van der Waals surface area contributed by atoms with Crippen molar-refractivity contribution in [2.24, 2.45) is 5.84 Å². The maximum absolute atomic E-state index is 5.66. The topological polar surface area (TPSA) is 60.2 Å². The van der Waals surface area contributed by atoms with Crippen molar-refractivity contribution in [1.29, 1.82) is 0 Å². The smallest absolute Gasteiger partial charge is 0.121 e. The Morgan fingerprint density at radius 1 is 1.28 bits per heavy atom. The summed E-state index contributed by atoms with van der Waals surface area (Å²) in [7, 11) is 0. The lowest BCUT2D eigenvalue weighted by Gasteiger charge is -2.18. The minimum atomic E-state index is -0.182. The largest absolute Gasteiger partial charge is 0.496 e. The quantitative estimate of drug-likeness (QED) is 0.637. The van der Waals surface area contributed by atoms with Gasteiger partial charge in [-0.1, -0.05) is 24.3 Å². The fourth-order valence-electron chi connectivity index (χ4n) is 2.31. The summed E-state index contributed by atoms with van der Waals surface area (Å²) in [5, 5.41) is 2.25. The van der Waals surface area contributed by atoms with E-state index in [1.807, 2.05) is 18.2 Å². The molecular formula is C14H15N3O. The lowest BCUT2D eigenvalue weighted by molar-refractivity contribution is 0.215. The molecule has 0 saturated heterocycles. The molecule has 4 nitrogen and oxygen atoms in total. The van der Waals surface area contributed by atoms with E-state index in [-0.39, 0.29) is 6.04 Å². The van der Waals surface area contributed by atoms with Crippen molar-refractivity contribution in [2.75, 3.05) is 6.61 Å². The highest BCUT2D eigenvalue weighted by Crippen LogP contribution is 2.29. The number of benzene rings is 1. The first-order valence-corrected chi connectivity index (χ1v) is 6.03. The molecule has 1 unspecified atom stereocenters. The van der Waals surface area contributed by atoms with Gasteiger partial charge in [0.2, 0.25) is 0 Å². The van der Waals surface area contributed by atoms with Gasteiger partial charge in [-0.3, -0.25) is 10.8 Å². The maximum Gasteiger partial charge on any atom is 0.121 e. The molecule has 2 aromatic rings. The number of aromatic nitrogens is 1. The first-order valence-electron chi connectivity index (χ1n) is 6.03. The molecule has 1 aromatic carbocycles. The first-order chi connectivity index (χ1) is 8.90. The predicted molar refractivity (Wildman–Crippen MR) is 70.5 cm³/mol. The molecule has 3 rings (SSSR count). The van der Waals surface area contributed by atoms with E-state index in [0.29, 0.717) is 0 Å². The summed E-state index contributed by atoms with van der Waals surface area (Å²) in [6.07, 6.45) is 4.80. The van der Waals surface area contributed by atoms with Gasteiger partial charge in [0, 0.05) is 18.0 Å². The molecule has 0 spiro atoms. The van der Waals surface area contributed by atoms with Crippen LogP contribution in [-0.2, 0) is 4.74 Å². The number of nitrogens with one attached hydrogen (secondary N) is 1. The summed E-state index contributed by atoms with van der Waals surface area (Å²) in [5.41, 5.74) is 3.70. The van der Waals surface area contributed by atoms with E-state index in [0.717, 1.165) is 35.3 Å². The van der Waals surface area contributed by atoms with Crippen molar-refractivity contribution in [2.45, 2.75) is 12.5 Å². The summed E-state index contributed by atoms with van der Waals surface area (Å²) < 4.78 is 5.59. The summed E-state index contributed by atoms with van der Waals surface area (Å²) in [6.45, 7) is 0.721. The molecule has 1 aliphatic heterocycles. The van der Waals surface area contributed by atoms with Gasteiger partial charge in [0.15, 0.2) is 0 Å². The molecule has 0 amide bonds. The highest BCUT2D eigenvalue weighted by atomic mass is 16.5. The lowest BCUT2D eigenvalue weighted by atomic mass is 10.0. The van der Waals surface area contributed by atoms with Crippen LogP contribution in [0.4, 0.5) is 0 Å². The average Bonchev–Trinajstić information content (AvgIpc) is 2.94. The number of nitrogens with zero attached hydrogens (tertiary/aromatic N) is 1. The first kappa shape index (κ1) is 11.2. The van der Waals surface area contributed by atoms with E-state index >= 15 is 0 Å². The zero-order chi connectivity index (χ0) is 12.4. The van der Waals surface area contributed by atoms with Gasteiger partial charge in [-0.25, -0.2) is 5.43 Å². The molecule has 2 heterocycles. The molecule has 0 bridgehead atoms. The van der Waals surface area contributed by atoms with Crippen LogP contribution in [0.1, 0.15) is 18.2 Å². The standard InChI is InChI=1S/C14H15N3O/c15-17-14(12-6-3-9-18-12)13-11-5-2-1-4-10(11)7-8-16-13/h1-2,4-8,14,17H,3,9,15H2. The Hall–Kier alpha value is -1.91. The Kier molecular flexibility index (Phi) is 2.96. The normalized spacial score (nSPS) is 16.4. The van der Waals surface area contributed by atoms with Crippen LogP contribution in [0.2, 0.25) is 0 Å². The van der Waals surface area contributed by atoms with Gasteiger partial charge in [0.25, 0.3) is 0 Å². The van der Waals surface area contributed by atoms with Crippen LogP contribution < -0.4 is 11.3 Å². The van der Waals surface area contributed by atoms with E-state index < -0.39 is 0 Å². The number of ether oxygens (including phenoxy) is 1. The van der Waals surface area contributed by atoms with Crippen LogP contribution >= 0.6 is 0 Å². The minimum Gasteiger partial charge on any atom is -0.496 e. The van der Waals surface area contributed by atoms with Gasteiger partial charge in [0.05, 0.1) is 12.3 Å². The Balaban J connectivity index is 2.12. The molecule has 0 saturated carbocycles. The Bertz CT molecular complexity index is 589. The van der Waals surface area contributed by atoms with Gasteiger partial charge in [-0.15, -0.1) is 0 Å².